The summed E-state index contributed by atoms with van der Waals surface area (Å²) in [7, 11) is 2.31. The smallest absolute Gasteiger partial charge is 0.338 e. The number of carbonyl (C=O) groups is 2. The average Bonchev–Trinajstić information content (AvgIpc) is 2.02. The molecule has 0 unspecified atom stereocenters. The first-order valence-electron chi connectivity index (χ1n) is 3.31. The molecule has 0 aliphatic heterocycles. The molecule has 0 amide bonds. The maximum Gasteiger partial charge on any atom is 0.338 e. The lowest BCUT2D eigenvalue weighted by atomic mass is 10.0. The lowest BCUT2D eigenvalue weighted by molar-refractivity contribution is -0.167. The fourth-order valence-electron chi connectivity index (χ4n) is 0.645. The molecule has 1 atom stereocenters. The first-order chi connectivity index (χ1) is 5.44. The van der Waals surface area contributed by atoms with Crippen molar-refractivity contribution in [3.05, 3.63) is 0 Å². The SMILES string of the molecule is COC(=O)C[C@@](C)(O)C(=O)OC. The monoisotopic (exact) mass is 176 g/mol. The molecular formula is C7H12O5. The molecular weight excluding hydrogens is 164 g/mol. The van der Waals surface area contributed by atoms with E-state index in [1.165, 1.54) is 14.0 Å². The number of methoxy groups -OCH3 is 2. The highest BCUT2D eigenvalue weighted by molar-refractivity contribution is 5.85. The molecule has 0 aliphatic rings. The van der Waals surface area contributed by atoms with E-state index >= 15 is 0 Å². The van der Waals surface area contributed by atoms with Crippen molar-refractivity contribution in [3.63, 3.8) is 0 Å². The third kappa shape index (κ3) is 2.87. The largest absolute Gasteiger partial charge is 0.469 e. The minimum atomic E-state index is -1.80. The molecule has 12 heavy (non-hydrogen) atoms. The van der Waals surface area contributed by atoms with Crippen molar-refractivity contribution in [2.45, 2.75) is 18.9 Å². The predicted molar refractivity (Wildman–Crippen MR) is 39.3 cm³/mol. The van der Waals surface area contributed by atoms with Crippen LogP contribution in [0, 0.1) is 0 Å². The van der Waals surface area contributed by atoms with Crippen molar-refractivity contribution in [1.82, 2.24) is 0 Å². The Hall–Kier alpha value is -1.10. The number of hydrogen-bond donors (Lipinski definition) is 1. The summed E-state index contributed by atoms with van der Waals surface area (Å²) in [6.45, 7) is 1.19. The molecule has 0 fully saturated rings. The minimum absolute atomic E-state index is 0.407. The maximum atomic E-state index is 10.8. The van der Waals surface area contributed by atoms with Gasteiger partial charge in [0.2, 0.25) is 0 Å². The van der Waals surface area contributed by atoms with Crippen LogP contribution in [0.1, 0.15) is 13.3 Å². The molecule has 70 valence electrons. The van der Waals surface area contributed by atoms with Crippen LogP contribution in [0.5, 0.6) is 0 Å². The summed E-state index contributed by atoms with van der Waals surface area (Å²) in [5, 5.41) is 9.31. The van der Waals surface area contributed by atoms with E-state index in [1.54, 1.807) is 0 Å². The Balaban J connectivity index is 4.21. The van der Waals surface area contributed by atoms with Crippen molar-refractivity contribution < 1.29 is 24.2 Å². The Morgan fingerprint density at radius 2 is 1.83 bits per heavy atom. The highest BCUT2D eigenvalue weighted by Crippen LogP contribution is 2.11. The number of carbonyl (C=O) groups excluding carboxylic acids is 2. The second-order valence-electron chi connectivity index (χ2n) is 2.52. The zero-order valence-electron chi connectivity index (χ0n) is 7.29. The Kier molecular flexibility index (Phi) is 3.69. The summed E-state index contributed by atoms with van der Waals surface area (Å²) >= 11 is 0. The van der Waals surface area contributed by atoms with Gasteiger partial charge < -0.3 is 14.6 Å². The molecule has 0 radical (unpaired) electrons. The maximum absolute atomic E-state index is 10.8. The Bertz CT molecular complexity index is 184. The first kappa shape index (κ1) is 10.9. The number of esters is 2. The predicted octanol–water partition coefficient (Wildman–Crippen LogP) is -0.527. The van der Waals surface area contributed by atoms with Gasteiger partial charge in [-0.1, -0.05) is 0 Å². The van der Waals surface area contributed by atoms with Gasteiger partial charge in [0.15, 0.2) is 5.60 Å². The highest BCUT2D eigenvalue weighted by Gasteiger charge is 2.34. The van der Waals surface area contributed by atoms with Crippen molar-refractivity contribution in [2.24, 2.45) is 0 Å². The fraction of sp³-hybridized carbons (Fsp3) is 0.714. The van der Waals surface area contributed by atoms with Crippen LogP contribution < -0.4 is 0 Å². The van der Waals surface area contributed by atoms with E-state index in [4.69, 9.17) is 0 Å². The summed E-state index contributed by atoms with van der Waals surface area (Å²) < 4.78 is 8.54. The highest BCUT2D eigenvalue weighted by atomic mass is 16.5. The van der Waals surface area contributed by atoms with Crippen molar-refractivity contribution in [1.29, 1.82) is 0 Å². The number of aliphatic hydroxyl groups is 1. The van der Waals surface area contributed by atoms with E-state index in [9.17, 15) is 14.7 Å². The van der Waals surface area contributed by atoms with Gasteiger partial charge in [0, 0.05) is 0 Å². The molecule has 0 spiro atoms. The fourth-order valence-corrected chi connectivity index (χ4v) is 0.645. The van der Waals surface area contributed by atoms with Gasteiger partial charge in [-0.2, -0.15) is 0 Å². The van der Waals surface area contributed by atoms with E-state index in [2.05, 4.69) is 9.47 Å². The van der Waals surface area contributed by atoms with Gasteiger partial charge in [0.25, 0.3) is 0 Å². The summed E-state index contributed by atoms with van der Waals surface area (Å²) in [5.41, 5.74) is -1.80. The van der Waals surface area contributed by atoms with Crippen molar-refractivity contribution in [2.75, 3.05) is 14.2 Å². The van der Waals surface area contributed by atoms with Crippen LogP contribution in [-0.2, 0) is 19.1 Å². The normalized spacial score (nSPS) is 14.7. The Morgan fingerprint density at radius 3 is 2.17 bits per heavy atom. The summed E-state index contributed by atoms with van der Waals surface area (Å²) in [6.07, 6.45) is -0.407. The molecule has 5 nitrogen and oxygen atoms in total. The van der Waals surface area contributed by atoms with Crippen molar-refractivity contribution in [3.8, 4) is 0 Å². The lowest BCUT2D eigenvalue weighted by Crippen LogP contribution is -2.38. The number of ether oxygens (including phenoxy) is 2. The minimum Gasteiger partial charge on any atom is -0.469 e. The summed E-state index contributed by atoms with van der Waals surface area (Å²) in [6, 6.07) is 0. The van der Waals surface area contributed by atoms with Gasteiger partial charge in [-0.15, -0.1) is 0 Å². The van der Waals surface area contributed by atoms with Crippen molar-refractivity contribution >= 4 is 11.9 Å². The van der Waals surface area contributed by atoms with E-state index in [-0.39, 0.29) is 0 Å². The average molecular weight is 176 g/mol. The lowest BCUT2D eigenvalue weighted by Gasteiger charge is -2.17. The van der Waals surface area contributed by atoms with Crippen LogP contribution in [0.15, 0.2) is 0 Å². The third-order valence-corrected chi connectivity index (χ3v) is 1.34. The zero-order valence-corrected chi connectivity index (χ0v) is 7.29. The molecule has 0 saturated heterocycles. The van der Waals surface area contributed by atoms with E-state index in [0.717, 1.165) is 7.11 Å². The van der Waals surface area contributed by atoms with Crippen LogP contribution in [0.2, 0.25) is 0 Å². The molecule has 0 bridgehead atoms. The van der Waals surface area contributed by atoms with Crippen LogP contribution in [-0.4, -0.2) is 36.9 Å². The van der Waals surface area contributed by atoms with Crippen LogP contribution in [0.3, 0.4) is 0 Å². The molecule has 0 aliphatic carbocycles. The molecule has 0 heterocycles. The first-order valence-corrected chi connectivity index (χ1v) is 3.31. The second kappa shape index (κ2) is 4.06. The van der Waals surface area contributed by atoms with Crippen LogP contribution >= 0.6 is 0 Å². The van der Waals surface area contributed by atoms with E-state index in [0.29, 0.717) is 0 Å². The third-order valence-electron chi connectivity index (χ3n) is 1.34. The molecule has 0 aromatic rings. The molecule has 5 heteroatoms. The Labute approximate surface area is 70.3 Å². The zero-order chi connectivity index (χ0) is 9.78. The van der Waals surface area contributed by atoms with Gasteiger partial charge in [0.05, 0.1) is 20.6 Å². The second-order valence-corrected chi connectivity index (χ2v) is 2.52. The topological polar surface area (TPSA) is 72.8 Å². The van der Waals surface area contributed by atoms with Gasteiger partial charge in [0.1, 0.15) is 0 Å². The summed E-state index contributed by atoms with van der Waals surface area (Å²) in [4.78, 5) is 21.5. The van der Waals surface area contributed by atoms with Crippen LogP contribution in [0.4, 0.5) is 0 Å². The van der Waals surface area contributed by atoms with Gasteiger partial charge in [-0.05, 0) is 6.92 Å². The van der Waals surface area contributed by atoms with Crippen LogP contribution in [0.25, 0.3) is 0 Å². The quantitative estimate of drug-likeness (QED) is 0.585. The molecule has 0 saturated carbocycles. The molecule has 0 rings (SSSR count). The molecule has 1 N–H and O–H groups in total. The number of hydrogen-bond acceptors (Lipinski definition) is 5. The van der Waals surface area contributed by atoms with Gasteiger partial charge in [-0.3, -0.25) is 4.79 Å². The summed E-state index contributed by atoms with van der Waals surface area (Å²) in [5.74, 6) is -1.52. The van der Waals surface area contributed by atoms with E-state index < -0.39 is 24.0 Å². The van der Waals surface area contributed by atoms with Gasteiger partial charge in [-0.25, -0.2) is 4.79 Å². The van der Waals surface area contributed by atoms with Gasteiger partial charge >= 0.3 is 11.9 Å². The molecule has 0 aromatic heterocycles. The Morgan fingerprint density at radius 1 is 1.33 bits per heavy atom. The van der Waals surface area contributed by atoms with E-state index in [1.807, 2.05) is 0 Å². The molecule has 0 aromatic carbocycles. The standard InChI is InChI=1S/C7H12O5/c1-7(10,6(9)12-3)4-5(8)11-2/h10H,4H2,1-3H3/t7-/m1/s1. The number of rotatable bonds is 3.